The van der Waals surface area contributed by atoms with E-state index in [0.717, 1.165) is 0 Å². The van der Waals surface area contributed by atoms with Gasteiger partial charge in [0.15, 0.2) is 0 Å². The predicted molar refractivity (Wildman–Crippen MR) is 103 cm³/mol. The average Bonchev–Trinajstić information content (AvgIpc) is 2.59. The lowest BCUT2D eigenvalue weighted by atomic mass is 10.2. The zero-order chi connectivity index (χ0) is 19.1. The van der Waals surface area contributed by atoms with E-state index in [4.69, 9.17) is 11.6 Å². The number of carbonyl (C=O) groups excluding carboxylic acids is 3. The number of halogens is 1. The van der Waals surface area contributed by atoms with Crippen LogP contribution >= 0.6 is 11.6 Å². The third-order valence-electron chi connectivity index (χ3n) is 3.61. The normalized spacial score (nSPS) is 10.1. The van der Waals surface area contributed by atoms with Crippen molar-refractivity contribution in [3.8, 4) is 0 Å². The summed E-state index contributed by atoms with van der Waals surface area (Å²) in [7, 11) is 0. The van der Waals surface area contributed by atoms with Crippen LogP contribution in [0.4, 0.5) is 11.4 Å². The maximum atomic E-state index is 12.1. The van der Waals surface area contributed by atoms with Crippen molar-refractivity contribution in [3.63, 3.8) is 0 Å². The van der Waals surface area contributed by atoms with Crippen LogP contribution in [-0.4, -0.2) is 30.8 Å². The van der Waals surface area contributed by atoms with Gasteiger partial charge in [-0.25, -0.2) is 0 Å². The second kappa shape index (κ2) is 9.01. The molecule has 0 saturated carbocycles. The highest BCUT2D eigenvalue weighted by atomic mass is 35.5. The quantitative estimate of drug-likeness (QED) is 0.816. The van der Waals surface area contributed by atoms with Crippen LogP contribution in [0.1, 0.15) is 24.2 Å². The lowest BCUT2D eigenvalue weighted by molar-refractivity contribution is -0.116. The molecule has 7 heteroatoms. The maximum Gasteiger partial charge on any atom is 0.251 e. The molecule has 0 bridgehead atoms. The Balaban J connectivity index is 1.95. The molecule has 0 aliphatic carbocycles. The van der Waals surface area contributed by atoms with Crippen LogP contribution in [0.2, 0.25) is 5.02 Å². The van der Waals surface area contributed by atoms with Gasteiger partial charge in [0.25, 0.3) is 5.91 Å². The third kappa shape index (κ3) is 5.60. The molecule has 2 rings (SSSR count). The molecule has 0 fully saturated rings. The summed E-state index contributed by atoms with van der Waals surface area (Å²) in [6.45, 7) is 3.52. The first-order valence-electron chi connectivity index (χ1n) is 8.06. The highest BCUT2D eigenvalue weighted by molar-refractivity contribution is 6.30. The Kier molecular flexibility index (Phi) is 6.74. The van der Waals surface area contributed by atoms with Crippen LogP contribution in [0, 0.1) is 0 Å². The monoisotopic (exact) mass is 373 g/mol. The van der Waals surface area contributed by atoms with Crippen LogP contribution in [0.3, 0.4) is 0 Å². The summed E-state index contributed by atoms with van der Waals surface area (Å²) in [6.07, 6.45) is 0. The Hall–Kier alpha value is -2.86. The Morgan fingerprint density at radius 2 is 1.58 bits per heavy atom. The molecule has 0 aromatic heterocycles. The number of hydrogen-bond donors (Lipinski definition) is 2. The Morgan fingerprint density at radius 3 is 2.12 bits per heavy atom. The van der Waals surface area contributed by atoms with Crippen molar-refractivity contribution in [2.24, 2.45) is 0 Å². The molecular weight excluding hydrogens is 354 g/mol. The van der Waals surface area contributed by atoms with Crippen molar-refractivity contribution < 1.29 is 14.4 Å². The Labute approximate surface area is 157 Å². The first-order valence-corrected chi connectivity index (χ1v) is 8.44. The lowest BCUT2D eigenvalue weighted by Gasteiger charge is -2.21. The van der Waals surface area contributed by atoms with Crippen LogP contribution < -0.4 is 15.5 Å². The van der Waals surface area contributed by atoms with E-state index in [2.05, 4.69) is 10.6 Å². The van der Waals surface area contributed by atoms with E-state index >= 15 is 0 Å². The van der Waals surface area contributed by atoms with E-state index < -0.39 is 0 Å². The van der Waals surface area contributed by atoms with Gasteiger partial charge in [0.05, 0.1) is 0 Å². The van der Waals surface area contributed by atoms with Gasteiger partial charge < -0.3 is 15.5 Å². The highest BCUT2D eigenvalue weighted by Crippen LogP contribution is 2.18. The summed E-state index contributed by atoms with van der Waals surface area (Å²) >= 11 is 5.80. The molecule has 0 aliphatic heterocycles. The van der Waals surface area contributed by atoms with Gasteiger partial charge in [0.1, 0.15) is 0 Å². The molecule has 2 aromatic rings. The fourth-order valence-corrected chi connectivity index (χ4v) is 2.51. The zero-order valence-electron chi connectivity index (χ0n) is 14.6. The largest absolute Gasteiger partial charge is 0.350 e. The van der Waals surface area contributed by atoms with Crippen molar-refractivity contribution in [1.29, 1.82) is 0 Å². The topological polar surface area (TPSA) is 78.5 Å². The smallest absolute Gasteiger partial charge is 0.251 e. The predicted octanol–water partition coefficient (Wildman–Crippen LogP) is 3.08. The minimum absolute atomic E-state index is 0.141. The highest BCUT2D eigenvalue weighted by Gasteiger charge is 2.12. The standard InChI is InChI=1S/C19H20ClN3O3/c1-13(24)22-17-7-9-18(10-8-17)23(14(2)25)12-11-21-19(26)15-3-5-16(20)6-4-15/h3-10H,11-12H2,1-2H3,(H,21,26)(H,22,24). The van der Waals surface area contributed by atoms with Crippen LogP contribution in [0.5, 0.6) is 0 Å². The van der Waals surface area contributed by atoms with Crippen molar-refractivity contribution >= 4 is 40.7 Å². The van der Waals surface area contributed by atoms with Crippen molar-refractivity contribution in [2.45, 2.75) is 13.8 Å². The molecule has 0 heterocycles. The van der Waals surface area contributed by atoms with Crippen LogP contribution in [0.15, 0.2) is 48.5 Å². The van der Waals surface area contributed by atoms with E-state index in [1.165, 1.54) is 13.8 Å². The SMILES string of the molecule is CC(=O)Nc1ccc(N(CCNC(=O)c2ccc(Cl)cc2)C(C)=O)cc1. The average molecular weight is 374 g/mol. The molecule has 0 aliphatic rings. The fraction of sp³-hybridized carbons (Fsp3) is 0.211. The van der Waals surface area contributed by atoms with Gasteiger partial charge in [0, 0.05) is 48.9 Å². The first-order chi connectivity index (χ1) is 12.4. The van der Waals surface area contributed by atoms with Gasteiger partial charge in [-0.1, -0.05) is 11.6 Å². The van der Waals surface area contributed by atoms with E-state index in [-0.39, 0.29) is 17.7 Å². The second-order valence-corrected chi connectivity index (χ2v) is 6.10. The molecule has 0 radical (unpaired) electrons. The van der Waals surface area contributed by atoms with Gasteiger partial charge >= 0.3 is 0 Å². The Bertz CT molecular complexity index is 789. The number of rotatable bonds is 6. The number of nitrogens with one attached hydrogen (secondary N) is 2. The fourth-order valence-electron chi connectivity index (χ4n) is 2.38. The Morgan fingerprint density at radius 1 is 0.962 bits per heavy atom. The number of anilines is 2. The van der Waals surface area contributed by atoms with Gasteiger partial charge in [0.2, 0.25) is 11.8 Å². The van der Waals surface area contributed by atoms with Gasteiger partial charge in [-0.05, 0) is 48.5 Å². The molecule has 136 valence electrons. The van der Waals surface area contributed by atoms with Gasteiger partial charge in [-0.3, -0.25) is 14.4 Å². The van der Waals surface area contributed by atoms with Gasteiger partial charge in [-0.2, -0.15) is 0 Å². The molecular formula is C19H20ClN3O3. The number of hydrogen-bond acceptors (Lipinski definition) is 3. The zero-order valence-corrected chi connectivity index (χ0v) is 15.3. The lowest BCUT2D eigenvalue weighted by Crippen LogP contribution is -2.37. The van der Waals surface area contributed by atoms with Crippen molar-refractivity contribution in [3.05, 3.63) is 59.1 Å². The number of benzene rings is 2. The molecule has 0 atom stereocenters. The van der Waals surface area contributed by atoms with Gasteiger partial charge in [-0.15, -0.1) is 0 Å². The number of nitrogens with zero attached hydrogens (tertiary/aromatic N) is 1. The summed E-state index contributed by atoms with van der Waals surface area (Å²) in [4.78, 5) is 36.6. The maximum absolute atomic E-state index is 12.1. The molecule has 26 heavy (non-hydrogen) atoms. The number of amides is 3. The first kappa shape index (κ1) is 19.5. The minimum Gasteiger partial charge on any atom is -0.350 e. The van der Waals surface area contributed by atoms with E-state index in [1.54, 1.807) is 53.4 Å². The molecule has 2 N–H and O–H groups in total. The molecule has 2 aromatic carbocycles. The molecule has 0 unspecified atom stereocenters. The van der Waals surface area contributed by atoms with Crippen LogP contribution in [0.25, 0.3) is 0 Å². The van der Waals surface area contributed by atoms with E-state index in [0.29, 0.717) is 35.1 Å². The van der Waals surface area contributed by atoms with Crippen molar-refractivity contribution in [1.82, 2.24) is 5.32 Å². The summed E-state index contributed by atoms with van der Waals surface area (Å²) in [5.41, 5.74) is 1.84. The van der Waals surface area contributed by atoms with Crippen molar-refractivity contribution in [2.75, 3.05) is 23.3 Å². The summed E-state index contributed by atoms with van der Waals surface area (Å²) in [6, 6.07) is 13.5. The summed E-state index contributed by atoms with van der Waals surface area (Å²) in [5, 5.41) is 6.01. The van der Waals surface area contributed by atoms with E-state index in [1.807, 2.05) is 0 Å². The second-order valence-electron chi connectivity index (χ2n) is 5.66. The summed E-state index contributed by atoms with van der Waals surface area (Å²) in [5.74, 6) is -0.532. The van der Waals surface area contributed by atoms with Crippen LogP contribution in [-0.2, 0) is 9.59 Å². The minimum atomic E-state index is -0.230. The number of carbonyl (C=O) groups is 3. The summed E-state index contributed by atoms with van der Waals surface area (Å²) < 4.78 is 0. The molecule has 6 nitrogen and oxygen atoms in total. The third-order valence-corrected chi connectivity index (χ3v) is 3.86. The molecule has 0 spiro atoms. The van der Waals surface area contributed by atoms with E-state index in [9.17, 15) is 14.4 Å². The molecule has 0 saturated heterocycles. The molecule has 3 amide bonds.